The summed E-state index contributed by atoms with van der Waals surface area (Å²) in [6.45, 7) is 24.3. The predicted molar refractivity (Wildman–Crippen MR) is 123 cm³/mol. The minimum atomic E-state index is -1.29. The van der Waals surface area contributed by atoms with Gasteiger partial charge in [-0.25, -0.2) is 0 Å². The van der Waals surface area contributed by atoms with E-state index in [1.54, 1.807) is 5.56 Å². The molecule has 0 radical (unpaired) electrons. The first-order chi connectivity index (χ1) is 12.0. The topological polar surface area (TPSA) is 0 Å². The summed E-state index contributed by atoms with van der Waals surface area (Å²) in [5.74, 6) is 2.17. The molecule has 150 valence electrons. The van der Waals surface area contributed by atoms with Crippen LogP contribution < -0.4 is 0 Å². The molecule has 0 spiro atoms. The highest BCUT2D eigenvalue weighted by molar-refractivity contribution is 6.83. The van der Waals surface area contributed by atoms with E-state index in [1.807, 2.05) is 0 Å². The van der Waals surface area contributed by atoms with Crippen LogP contribution in [-0.4, -0.2) is 8.07 Å². The zero-order valence-corrected chi connectivity index (χ0v) is 20.4. The highest BCUT2D eigenvalue weighted by atomic mass is 28.3. The summed E-state index contributed by atoms with van der Waals surface area (Å²) >= 11 is 0. The molecule has 1 rings (SSSR count). The van der Waals surface area contributed by atoms with Crippen molar-refractivity contribution >= 4 is 8.07 Å². The van der Waals surface area contributed by atoms with Crippen LogP contribution in [-0.2, 0) is 6.42 Å². The number of aryl methyl sites for hydroxylation is 1. The van der Waals surface area contributed by atoms with Crippen molar-refractivity contribution < 1.29 is 0 Å². The zero-order valence-electron chi connectivity index (χ0n) is 19.4. The van der Waals surface area contributed by atoms with Crippen molar-refractivity contribution in [2.24, 2.45) is 11.8 Å². The molecular weight excluding hydrogens is 328 g/mol. The first-order valence-electron chi connectivity index (χ1n) is 11.1. The maximum Gasteiger partial charge on any atom is 0.0616 e. The monoisotopic (exact) mass is 374 g/mol. The Bertz CT molecular complexity index is 486. The standard InChI is InChI=1S/C25H46Si/c1-18(2)17-25(19(3)4)24-13-11-23(12-14-24)15-16-26(20(5)6,21(7)8)22(9)10/h11-14,18-22,25H,15-17H2,1-10H3. The van der Waals surface area contributed by atoms with Gasteiger partial charge < -0.3 is 0 Å². The highest BCUT2D eigenvalue weighted by Gasteiger charge is 2.41. The van der Waals surface area contributed by atoms with Crippen molar-refractivity contribution in [3.05, 3.63) is 35.4 Å². The van der Waals surface area contributed by atoms with Crippen molar-refractivity contribution in [1.82, 2.24) is 0 Å². The molecule has 1 aromatic rings. The molecule has 0 heterocycles. The Kier molecular flexibility index (Phi) is 9.13. The van der Waals surface area contributed by atoms with E-state index in [-0.39, 0.29) is 0 Å². The molecule has 0 aliphatic heterocycles. The lowest BCUT2D eigenvalue weighted by Gasteiger charge is -2.43. The molecule has 0 aliphatic carbocycles. The Labute approximate surface area is 166 Å². The first kappa shape index (κ1) is 23.5. The van der Waals surface area contributed by atoms with Gasteiger partial charge in [0, 0.05) is 0 Å². The van der Waals surface area contributed by atoms with Crippen LogP contribution in [0.4, 0.5) is 0 Å². The molecule has 0 nitrogen and oxygen atoms in total. The van der Waals surface area contributed by atoms with Gasteiger partial charge >= 0.3 is 0 Å². The van der Waals surface area contributed by atoms with E-state index in [2.05, 4.69) is 93.5 Å². The second-order valence-electron chi connectivity index (χ2n) is 10.3. The van der Waals surface area contributed by atoms with Gasteiger partial charge in [-0.05, 0) is 41.7 Å². The van der Waals surface area contributed by atoms with Crippen molar-refractivity contribution in [2.75, 3.05) is 0 Å². The number of hydrogen-bond acceptors (Lipinski definition) is 0. The number of rotatable bonds is 10. The average Bonchev–Trinajstić information content (AvgIpc) is 2.52. The van der Waals surface area contributed by atoms with Crippen LogP contribution in [0.3, 0.4) is 0 Å². The summed E-state index contributed by atoms with van der Waals surface area (Å²) in [6.07, 6.45) is 2.55. The van der Waals surface area contributed by atoms with Gasteiger partial charge in [0.1, 0.15) is 0 Å². The van der Waals surface area contributed by atoms with Crippen molar-refractivity contribution in [1.29, 1.82) is 0 Å². The SMILES string of the molecule is CC(C)CC(c1ccc(CC[Si](C(C)C)(C(C)C)C(C)C)cc1)C(C)C. The molecule has 26 heavy (non-hydrogen) atoms. The molecular formula is C25H46Si. The van der Waals surface area contributed by atoms with E-state index >= 15 is 0 Å². The largest absolute Gasteiger partial charge is 0.0651 e. The maximum atomic E-state index is 2.48. The summed E-state index contributed by atoms with van der Waals surface area (Å²) in [5.41, 5.74) is 5.66. The van der Waals surface area contributed by atoms with Crippen molar-refractivity contribution in [3.63, 3.8) is 0 Å². The van der Waals surface area contributed by atoms with Crippen LogP contribution in [0.2, 0.25) is 22.7 Å². The average molecular weight is 375 g/mol. The molecule has 1 heteroatoms. The molecule has 0 saturated heterocycles. The molecule has 0 saturated carbocycles. The molecule has 1 aromatic carbocycles. The fourth-order valence-electron chi connectivity index (χ4n) is 5.46. The van der Waals surface area contributed by atoms with Crippen LogP contribution >= 0.6 is 0 Å². The quantitative estimate of drug-likeness (QED) is 0.359. The third-order valence-electron chi connectivity index (χ3n) is 7.01. The molecule has 1 unspecified atom stereocenters. The minimum absolute atomic E-state index is 0.694. The molecule has 0 aromatic heterocycles. The fraction of sp³-hybridized carbons (Fsp3) is 0.760. The van der Waals surface area contributed by atoms with Crippen LogP contribution in [0, 0.1) is 11.8 Å². The van der Waals surface area contributed by atoms with E-state index in [4.69, 9.17) is 0 Å². The molecule has 0 amide bonds. The van der Waals surface area contributed by atoms with Gasteiger partial charge in [0.05, 0.1) is 8.07 Å². The van der Waals surface area contributed by atoms with Crippen molar-refractivity contribution in [3.8, 4) is 0 Å². The van der Waals surface area contributed by atoms with Crippen LogP contribution in [0.25, 0.3) is 0 Å². The van der Waals surface area contributed by atoms with Gasteiger partial charge in [0.25, 0.3) is 0 Å². The second kappa shape index (κ2) is 10.1. The van der Waals surface area contributed by atoms with Gasteiger partial charge in [-0.15, -0.1) is 0 Å². The van der Waals surface area contributed by atoms with Gasteiger partial charge in [-0.1, -0.05) is 116 Å². The van der Waals surface area contributed by atoms with E-state index < -0.39 is 8.07 Å². The Morgan fingerprint density at radius 2 is 1.15 bits per heavy atom. The van der Waals surface area contributed by atoms with Gasteiger partial charge in [-0.3, -0.25) is 0 Å². The van der Waals surface area contributed by atoms with Crippen molar-refractivity contribution in [2.45, 2.75) is 111 Å². The lowest BCUT2D eigenvalue weighted by molar-refractivity contribution is 0.408. The van der Waals surface area contributed by atoms with Crippen LogP contribution in [0.1, 0.15) is 92.7 Å². The molecule has 0 bridgehead atoms. The van der Waals surface area contributed by atoms with Gasteiger partial charge in [0.2, 0.25) is 0 Å². The summed E-state index contributed by atoms with van der Waals surface area (Å²) in [4.78, 5) is 0. The summed E-state index contributed by atoms with van der Waals surface area (Å²) in [5, 5.41) is 0. The Morgan fingerprint density at radius 3 is 1.50 bits per heavy atom. The molecule has 0 N–H and O–H groups in total. The van der Waals surface area contributed by atoms with Gasteiger partial charge in [0.15, 0.2) is 0 Å². The first-order valence-corrected chi connectivity index (χ1v) is 13.5. The lowest BCUT2D eigenvalue weighted by Crippen LogP contribution is -2.44. The highest BCUT2D eigenvalue weighted by Crippen LogP contribution is 2.45. The van der Waals surface area contributed by atoms with E-state index in [1.165, 1.54) is 24.4 Å². The zero-order chi connectivity index (χ0) is 20.1. The van der Waals surface area contributed by atoms with E-state index in [0.717, 1.165) is 22.5 Å². The smallest absolute Gasteiger partial charge is 0.0616 e. The summed E-state index contributed by atoms with van der Waals surface area (Å²) in [6, 6.07) is 11.1. The normalized spacial score (nSPS) is 14.3. The Morgan fingerprint density at radius 1 is 0.692 bits per heavy atom. The minimum Gasteiger partial charge on any atom is -0.0651 e. The predicted octanol–water partition coefficient (Wildman–Crippen LogP) is 8.69. The number of benzene rings is 1. The summed E-state index contributed by atoms with van der Waals surface area (Å²) < 4.78 is 0. The lowest BCUT2D eigenvalue weighted by atomic mass is 9.82. The van der Waals surface area contributed by atoms with E-state index in [9.17, 15) is 0 Å². The Hall–Kier alpha value is -0.563. The van der Waals surface area contributed by atoms with Crippen LogP contribution in [0.15, 0.2) is 24.3 Å². The maximum absolute atomic E-state index is 2.48. The molecule has 0 fully saturated rings. The Balaban J connectivity index is 2.92. The summed E-state index contributed by atoms with van der Waals surface area (Å²) in [7, 11) is -1.29. The fourth-order valence-corrected chi connectivity index (χ4v) is 11.9. The second-order valence-corrected chi connectivity index (χ2v) is 16.5. The molecule has 0 aliphatic rings. The number of hydrogen-bond donors (Lipinski definition) is 0. The van der Waals surface area contributed by atoms with Gasteiger partial charge in [-0.2, -0.15) is 0 Å². The third-order valence-corrected chi connectivity index (χ3v) is 14.6. The molecule has 1 atom stereocenters. The van der Waals surface area contributed by atoms with E-state index in [0.29, 0.717) is 11.8 Å². The van der Waals surface area contributed by atoms with Crippen LogP contribution in [0.5, 0.6) is 0 Å². The third kappa shape index (κ3) is 5.71.